The summed E-state index contributed by atoms with van der Waals surface area (Å²) in [6, 6.07) is 19.2. The van der Waals surface area contributed by atoms with Crippen LogP contribution < -0.4 is 10.1 Å². The van der Waals surface area contributed by atoms with Crippen LogP contribution in [-0.2, 0) is 16.0 Å². The van der Waals surface area contributed by atoms with Crippen LogP contribution in [0.4, 0.5) is 0 Å². The largest absolute Gasteiger partial charge is 0.494 e. The van der Waals surface area contributed by atoms with Gasteiger partial charge in [0, 0.05) is 19.0 Å². The van der Waals surface area contributed by atoms with Gasteiger partial charge in [0.25, 0.3) is 0 Å². The minimum absolute atomic E-state index is 0.0191. The fourth-order valence-corrected chi connectivity index (χ4v) is 3.11. The normalized spacial score (nSPS) is 12.6. The van der Waals surface area contributed by atoms with E-state index in [1.807, 2.05) is 74.5 Å². The average Bonchev–Trinajstić information content (AvgIpc) is 2.78. The van der Waals surface area contributed by atoms with Crippen LogP contribution >= 0.6 is 0 Å². The van der Waals surface area contributed by atoms with Gasteiger partial charge in [-0.15, -0.1) is 0 Å². The van der Waals surface area contributed by atoms with Gasteiger partial charge in [0.05, 0.1) is 6.61 Å². The highest BCUT2D eigenvalue weighted by atomic mass is 16.5. The Hall–Kier alpha value is -2.82. The maximum atomic E-state index is 13.0. The van der Waals surface area contributed by atoms with E-state index in [0.29, 0.717) is 32.4 Å². The third-order valence-corrected chi connectivity index (χ3v) is 5.20. The molecule has 162 valence electrons. The maximum Gasteiger partial charge on any atom is 0.242 e. The molecule has 2 aromatic carbocycles. The minimum atomic E-state index is -0.509. The molecule has 0 heterocycles. The summed E-state index contributed by atoms with van der Waals surface area (Å²) >= 11 is 0. The molecular formula is C25H34N2O3. The first-order valence-electron chi connectivity index (χ1n) is 10.8. The molecule has 30 heavy (non-hydrogen) atoms. The Kier molecular flexibility index (Phi) is 9.92. The number of rotatable bonds is 12. The van der Waals surface area contributed by atoms with Crippen LogP contribution in [0.25, 0.3) is 0 Å². The van der Waals surface area contributed by atoms with Crippen molar-refractivity contribution >= 4 is 11.8 Å². The van der Waals surface area contributed by atoms with Crippen molar-refractivity contribution in [2.45, 2.75) is 58.5 Å². The molecule has 0 bridgehead atoms. The number of amides is 2. The highest BCUT2D eigenvalue weighted by molar-refractivity contribution is 5.87. The van der Waals surface area contributed by atoms with Crippen molar-refractivity contribution in [2.24, 2.45) is 0 Å². The van der Waals surface area contributed by atoms with Gasteiger partial charge in [0.15, 0.2) is 0 Å². The molecular weight excluding hydrogens is 376 g/mol. The van der Waals surface area contributed by atoms with Crippen molar-refractivity contribution in [3.63, 3.8) is 0 Å². The van der Waals surface area contributed by atoms with E-state index >= 15 is 0 Å². The summed E-state index contributed by atoms with van der Waals surface area (Å²) in [6.45, 7) is 6.79. The molecule has 0 spiro atoms. The predicted octanol–water partition coefficient (Wildman–Crippen LogP) is 4.22. The van der Waals surface area contributed by atoms with Crippen molar-refractivity contribution in [3.8, 4) is 5.75 Å². The Morgan fingerprint density at radius 1 is 1.00 bits per heavy atom. The maximum absolute atomic E-state index is 13.0. The molecule has 0 aliphatic rings. The lowest BCUT2D eigenvalue weighted by atomic mass is 10.1. The molecule has 0 fully saturated rings. The smallest absolute Gasteiger partial charge is 0.242 e. The van der Waals surface area contributed by atoms with Gasteiger partial charge >= 0.3 is 0 Å². The van der Waals surface area contributed by atoms with E-state index < -0.39 is 6.04 Å². The first-order chi connectivity index (χ1) is 14.5. The first-order valence-corrected chi connectivity index (χ1v) is 10.8. The van der Waals surface area contributed by atoms with Crippen molar-refractivity contribution < 1.29 is 14.3 Å². The first kappa shape index (κ1) is 23.5. The van der Waals surface area contributed by atoms with Crippen molar-refractivity contribution in [1.82, 2.24) is 10.2 Å². The van der Waals surface area contributed by atoms with Gasteiger partial charge in [-0.25, -0.2) is 0 Å². The van der Waals surface area contributed by atoms with Gasteiger partial charge in [0.1, 0.15) is 11.8 Å². The monoisotopic (exact) mass is 410 g/mol. The number of nitrogens with one attached hydrogen (secondary N) is 1. The summed E-state index contributed by atoms with van der Waals surface area (Å²) in [6.07, 6.45) is 2.53. The van der Waals surface area contributed by atoms with Crippen LogP contribution in [0.3, 0.4) is 0 Å². The fraction of sp³-hybridized carbons (Fsp3) is 0.440. The van der Waals surface area contributed by atoms with Crippen molar-refractivity contribution in [3.05, 3.63) is 66.2 Å². The van der Waals surface area contributed by atoms with Gasteiger partial charge in [-0.2, -0.15) is 0 Å². The van der Waals surface area contributed by atoms with E-state index in [0.717, 1.165) is 17.7 Å². The number of nitrogens with zero attached hydrogens (tertiary/aromatic N) is 1. The van der Waals surface area contributed by atoms with Gasteiger partial charge in [-0.05, 0) is 50.8 Å². The Balaban J connectivity index is 1.94. The van der Waals surface area contributed by atoms with E-state index in [9.17, 15) is 9.59 Å². The summed E-state index contributed by atoms with van der Waals surface area (Å²) in [7, 11) is 0. The van der Waals surface area contributed by atoms with Gasteiger partial charge in [0.2, 0.25) is 11.8 Å². The minimum Gasteiger partial charge on any atom is -0.494 e. The Bertz CT molecular complexity index is 764. The lowest BCUT2D eigenvalue weighted by Gasteiger charge is -2.29. The number of carbonyl (C=O) groups is 2. The van der Waals surface area contributed by atoms with Gasteiger partial charge < -0.3 is 15.0 Å². The molecule has 0 aliphatic carbocycles. The number of benzene rings is 2. The standard InChI is InChI=1S/C25H34N2O3/c1-4-20(2)26-25(29)21(3)27(18-17-22-12-7-5-8-13-22)24(28)16-11-19-30-23-14-9-6-10-15-23/h5-10,12-15,20-21H,4,11,16-19H2,1-3H3,(H,26,29). The molecule has 0 saturated carbocycles. The van der Waals surface area contributed by atoms with Crippen LogP contribution in [0.15, 0.2) is 60.7 Å². The van der Waals surface area contributed by atoms with E-state index in [2.05, 4.69) is 5.32 Å². The van der Waals surface area contributed by atoms with E-state index in [4.69, 9.17) is 4.74 Å². The zero-order chi connectivity index (χ0) is 21.8. The topological polar surface area (TPSA) is 58.6 Å². The molecule has 2 unspecified atom stereocenters. The van der Waals surface area contributed by atoms with Crippen molar-refractivity contribution in [2.75, 3.05) is 13.2 Å². The molecule has 5 heteroatoms. The van der Waals surface area contributed by atoms with Gasteiger partial charge in [-0.3, -0.25) is 9.59 Å². The van der Waals surface area contributed by atoms with E-state index in [1.165, 1.54) is 0 Å². The molecule has 2 rings (SSSR count). The third kappa shape index (κ3) is 7.90. The molecule has 2 atom stereocenters. The lowest BCUT2D eigenvalue weighted by Crippen LogP contribution is -2.50. The number of hydrogen-bond acceptors (Lipinski definition) is 3. The molecule has 0 aromatic heterocycles. The summed E-state index contributed by atoms with van der Waals surface area (Å²) in [5.41, 5.74) is 1.15. The number of carbonyl (C=O) groups excluding carboxylic acids is 2. The predicted molar refractivity (Wildman–Crippen MR) is 120 cm³/mol. The fourth-order valence-electron chi connectivity index (χ4n) is 3.11. The summed E-state index contributed by atoms with van der Waals surface area (Å²) in [4.78, 5) is 27.3. The van der Waals surface area contributed by atoms with E-state index in [-0.39, 0.29) is 17.9 Å². The third-order valence-electron chi connectivity index (χ3n) is 5.20. The second kappa shape index (κ2) is 12.7. The second-order valence-electron chi connectivity index (χ2n) is 7.58. The second-order valence-corrected chi connectivity index (χ2v) is 7.58. The number of ether oxygens (including phenoxy) is 1. The zero-order valence-corrected chi connectivity index (χ0v) is 18.3. The molecule has 0 aliphatic heterocycles. The molecule has 0 saturated heterocycles. The average molecular weight is 411 g/mol. The van der Waals surface area contributed by atoms with E-state index in [1.54, 1.807) is 11.8 Å². The Labute approximate surface area is 180 Å². The molecule has 2 aromatic rings. The highest BCUT2D eigenvalue weighted by Gasteiger charge is 2.26. The quantitative estimate of drug-likeness (QED) is 0.533. The Morgan fingerprint density at radius 3 is 2.27 bits per heavy atom. The lowest BCUT2D eigenvalue weighted by molar-refractivity contribution is -0.140. The summed E-state index contributed by atoms with van der Waals surface area (Å²) in [5, 5.41) is 2.99. The molecule has 2 amide bonds. The molecule has 5 nitrogen and oxygen atoms in total. The molecule has 1 N–H and O–H groups in total. The summed E-state index contributed by atoms with van der Waals surface area (Å²) in [5.74, 6) is 0.674. The van der Waals surface area contributed by atoms with Crippen LogP contribution in [0.2, 0.25) is 0 Å². The van der Waals surface area contributed by atoms with Crippen molar-refractivity contribution in [1.29, 1.82) is 0 Å². The number of para-hydroxylation sites is 1. The van der Waals surface area contributed by atoms with Crippen LogP contribution in [0.1, 0.15) is 45.6 Å². The van der Waals surface area contributed by atoms with Crippen LogP contribution in [0.5, 0.6) is 5.75 Å². The SMILES string of the molecule is CCC(C)NC(=O)C(C)N(CCc1ccccc1)C(=O)CCCOc1ccccc1. The Morgan fingerprint density at radius 2 is 1.63 bits per heavy atom. The molecule has 0 radical (unpaired) electrons. The number of hydrogen-bond donors (Lipinski definition) is 1. The van der Waals surface area contributed by atoms with Gasteiger partial charge in [-0.1, -0.05) is 55.5 Å². The van der Waals surface area contributed by atoms with Crippen LogP contribution in [0, 0.1) is 0 Å². The highest BCUT2D eigenvalue weighted by Crippen LogP contribution is 2.12. The van der Waals surface area contributed by atoms with Crippen LogP contribution in [-0.4, -0.2) is 41.9 Å². The summed E-state index contributed by atoms with van der Waals surface area (Å²) < 4.78 is 5.69. The zero-order valence-electron chi connectivity index (χ0n) is 18.3.